The minimum atomic E-state index is -0.505. The summed E-state index contributed by atoms with van der Waals surface area (Å²) in [7, 11) is 0. The third-order valence-electron chi connectivity index (χ3n) is 7.98. The van der Waals surface area contributed by atoms with Crippen LogP contribution in [-0.2, 0) is 9.59 Å². The average Bonchev–Trinajstić information content (AvgIpc) is 3.13. The topological polar surface area (TPSA) is 58.6 Å². The summed E-state index contributed by atoms with van der Waals surface area (Å²) in [6, 6.07) is 25.7. The number of Topliss-reactive ketones (excluding diaryl/α,β-unsaturated/α-hetero) is 1. The zero-order valence-electron chi connectivity index (χ0n) is 23.7. The van der Waals surface area contributed by atoms with Crippen molar-refractivity contribution in [2.75, 3.05) is 16.8 Å². The molecule has 2 aliphatic rings. The maximum atomic E-state index is 14.1. The number of anilines is 2. The summed E-state index contributed by atoms with van der Waals surface area (Å²) in [4.78, 5) is 30.0. The lowest BCUT2D eigenvalue weighted by molar-refractivity contribution is -0.119. The smallest absolute Gasteiger partial charge is 0.227 e. The van der Waals surface area contributed by atoms with Gasteiger partial charge < -0.3 is 10.1 Å². The fraction of sp³-hybridized carbons (Fsp3) is 0.371. The number of amides is 1. The van der Waals surface area contributed by atoms with Gasteiger partial charge >= 0.3 is 0 Å². The first kappa shape index (κ1) is 27.7. The predicted molar refractivity (Wildman–Crippen MR) is 162 cm³/mol. The molecule has 40 heavy (non-hydrogen) atoms. The summed E-state index contributed by atoms with van der Waals surface area (Å²) in [5.74, 6) is 1.03. The number of nitrogens with zero attached hydrogens (tertiary/aromatic N) is 1. The summed E-state index contributed by atoms with van der Waals surface area (Å²) >= 11 is 0. The standard InChI is InChI=1S/C35H40N2O3/c1-3-5-8-17-33(39)37-31-16-12-11-15-29(31)36-30-23-27(25-13-9-7-10-14-25)24-32(38)34(30)35(37)26-18-20-28(21-19-26)40-22-6-4-2/h7,9-16,18-21,27,35-36H,3-6,8,17,22-24H2,1-2H3/t27-,35+/m0/s1. The van der Waals surface area contributed by atoms with Gasteiger partial charge in [-0.15, -0.1) is 0 Å². The molecule has 1 heterocycles. The van der Waals surface area contributed by atoms with Crippen molar-refractivity contribution < 1.29 is 14.3 Å². The van der Waals surface area contributed by atoms with Crippen molar-refractivity contribution in [2.45, 2.75) is 77.2 Å². The first-order valence-electron chi connectivity index (χ1n) is 14.8. The van der Waals surface area contributed by atoms with Crippen LogP contribution in [-0.4, -0.2) is 18.3 Å². The Morgan fingerprint density at radius 2 is 1.57 bits per heavy atom. The van der Waals surface area contributed by atoms with Crippen LogP contribution in [0.3, 0.4) is 0 Å². The minimum Gasteiger partial charge on any atom is -0.494 e. The first-order valence-corrected chi connectivity index (χ1v) is 14.8. The summed E-state index contributed by atoms with van der Waals surface area (Å²) in [5, 5.41) is 3.63. The van der Waals surface area contributed by atoms with Gasteiger partial charge in [0, 0.05) is 24.1 Å². The zero-order chi connectivity index (χ0) is 27.9. The van der Waals surface area contributed by atoms with Crippen molar-refractivity contribution in [1.82, 2.24) is 0 Å². The molecule has 1 aliphatic heterocycles. The van der Waals surface area contributed by atoms with Gasteiger partial charge in [0.1, 0.15) is 5.75 Å². The van der Waals surface area contributed by atoms with Crippen molar-refractivity contribution in [3.63, 3.8) is 0 Å². The van der Waals surface area contributed by atoms with Crippen molar-refractivity contribution >= 4 is 23.1 Å². The lowest BCUT2D eigenvalue weighted by Crippen LogP contribution is -2.38. The molecule has 3 aromatic rings. The van der Waals surface area contributed by atoms with Crippen molar-refractivity contribution in [2.24, 2.45) is 0 Å². The van der Waals surface area contributed by atoms with E-state index in [-0.39, 0.29) is 17.6 Å². The Bertz CT molecular complexity index is 1350. The lowest BCUT2D eigenvalue weighted by Gasteiger charge is -2.35. The number of benzene rings is 3. The third kappa shape index (κ3) is 5.99. The van der Waals surface area contributed by atoms with E-state index >= 15 is 0 Å². The molecule has 1 aliphatic carbocycles. The number of ether oxygens (including phenoxy) is 1. The second-order valence-corrected chi connectivity index (χ2v) is 10.9. The SMILES string of the molecule is CCCCCC(=O)N1c2ccccc2NC2=C(C(=O)C[C@@H](c3ccccc3)C2)[C@H]1c1ccc(OCCCC)cc1. The molecule has 0 spiro atoms. The lowest BCUT2D eigenvalue weighted by atomic mass is 9.78. The molecule has 0 unspecified atom stereocenters. The Morgan fingerprint density at radius 1 is 0.850 bits per heavy atom. The van der Waals surface area contributed by atoms with E-state index in [9.17, 15) is 9.59 Å². The minimum absolute atomic E-state index is 0.0442. The number of allylic oxidation sites excluding steroid dienone is 1. The molecule has 1 N–H and O–H groups in total. The third-order valence-corrected chi connectivity index (χ3v) is 7.98. The monoisotopic (exact) mass is 536 g/mol. The molecule has 5 nitrogen and oxygen atoms in total. The molecule has 3 aromatic carbocycles. The number of carbonyl (C=O) groups is 2. The first-order chi connectivity index (χ1) is 19.6. The van der Waals surface area contributed by atoms with Crippen LogP contribution in [0.15, 0.2) is 90.1 Å². The largest absolute Gasteiger partial charge is 0.494 e. The Kier molecular flexibility index (Phi) is 9.00. The second kappa shape index (κ2) is 13.0. The Morgan fingerprint density at radius 3 is 2.33 bits per heavy atom. The van der Waals surface area contributed by atoms with E-state index in [2.05, 4.69) is 31.3 Å². The fourth-order valence-corrected chi connectivity index (χ4v) is 5.87. The van der Waals surface area contributed by atoms with Crippen LogP contribution in [0, 0.1) is 0 Å². The predicted octanol–water partition coefficient (Wildman–Crippen LogP) is 8.35. The van der Waals surface area contributed by atoms with Gasteiger partial charge in [0.05, 0.1) is 24.0 Å². The Balaban J connectivity index is 1.60. The molecule has 0 bridgehead atoms. The molecule has 0 radical (unpaired) electrons. The van der Waals surface area contributed by atoms with Gasteiger partial charge in [0.15, 0.2) is 5.78 Å². The highest BCUT2D eigenvalue weighted by molar-refractivity contribution is 6.06. The molecular formula is C35H40N2O3. The van der Waals surface area contributed by atoms with Crippen LogP contribution >= 0.6 is 0 Å². The molecule has 5 heteroatoms. The number of rotatable bonds is 10. The maximum Gasteiger partial charge on any atom is 0.227 e. The highest BCUT2D eigenvalue weighted by atomic mass is 16.5. The fourth-order valence-electron chi connectivity index (χ4n) is 5.87. The molecule has 0 saturated carbocycles. The molecule has 5 rings (SSSR count). The van der Waals surface area contributed by atoms with Gasteiger partial charge in [0.25, 0.3) is 0 Å². The van der Waals surface area contributed by atoms with Crippen LogP contribution in [0.1, 0.15) is 88.3 Å². The summed E-state index contributed by atoms with van der Waals surface area (Å²) < 4.78 is 5.93. The number of para-hydroxylation sites is 2. The summed E-state index contributed by atoms with van der Waals surface area (Å²) in [5.41, 5.74) is 5.38. The molecule has 0 saturated heterocycles. The van der Waals surface area contributed by atoms with Gasteiger partial charge in [-0.25, -0.2) is 0 Å². The molecule has 208 valence electrons. The quantitative estimate of drug-likeness (QED) is 0.265. The van der Waals surface area contributed by atoms with Gasteiger partial charge in [-0.3, -0.25) is 14.5 Å². The molecule has 0 aromatic heterocycles. The number of unbranched alkanes of at least 4 members (excludes halogenated alkanes) is 3. The highest BCUT2D eigenvalue weighted by Crippen LogP contribution is 2.47. The maximum absolute atomic E-state index is 14.1. The van der Waals surface area contributed by atoms with Crippen molar-refractivity contribution in [3.8, 4) is 5.75 Å². The van der Waals surface area contributed by atoms with E-state index in [1.54, 1.807) is 0 Å². The highest BCUT2D eigenvalue weighted by Gasteiger charge is 2.41. The van der Waals surface area contributed by atoms with E-state index in [4.69, 9.17) is 4.74 Å². The Hall–Kier alpha value is -3.86. The number of carbonyl (C=O) groups excluding carboxylic acids is 2. The van der Waals surface area contributed by atoms with Gasteiger partial charge in [-0.1, -0.05) is 87.7 Å². The van der Waals surface area contributed by atoms with Gasteiger partial charge in [0.2, 0.25) is 5.91 Å². The number of hydrogen-bond acceptors (Lipinski definition) is 4. The number of fused-ring (bicyclic) bond motifs is 1. The van der Waals surface area contributed by atoms with Crippen LogP contribution in [0.4, 0.5) is 11.4 Å². The van der Waals surface area contributed by atoms with Crippen molar-refractivity contribution in [1.29, 1.82) is 0 Å². The zero-order valence-corrected chi connectivity index (χ0v) is 23.7. The van der Waals surface area contributed by atoms with E-state index in [0.29, 0.717) is 31.4 Å². The van der Waals surface area contributed by atoms with E-state index < -0.39 is 6.04 Å². The van der Waals surface area contributed by atoms with Crippen LogP contribution in [0.2, 0.25) is 0 Å². The molecule has 1 amide bonds. The summed E-state index contributed by atoms with van der Waals surface area (Å²) in [6.07, 6.45) is 6.53. The second-order valence-electron chi connectivity index (χ2n) is 10.9. The number of ketones is 1. The number of hydrogen-bond donors (Lipinski definition) is 1. The summed E-state index contributed by atoms with van der Waals surface area (Å²) in [6.45, 7) is 4.96. The van der Waals surface area contributed by atoms with Gasteiger partial charge in [-0.2, -0.15) is 0 Å². The van der Waals surface area contributed by atoms with E-state index in [1.165, 1.54) is 5.56 Å². The van der Waals surface area contributed by atoms with E-state index in [1.807, 2.05) is 71.6 Å². The molecule has 0 fully saturated rings. The average molecular weight is 537 g/mol. The van der Waals surface area contributed by atoms with E-state index in [0.717, 1.165) is 60.5 Å². The molecular weight excluding hydrogens is 496 g/mol. The van der Waals surface area contributed by atoms with Crippen molar-refractivity contribution in [3.05, 3.63) is 101 Å². The Labute approximate surface area is 238 Å². The number of nitrogens with one attached hydrogen (secondary N) is 1. The van der Waals surface area contributed by atoms with Crippen LogP contribution in [0.25, 0.3) is 0 Å². The normalized spacial score (nSPS) is 18.4. The van der Waals surface area contributed by atoms with Gasteiger partial charge in [-0.05, 0) is 60.6 Å². The molecule has 2 atom stereocenters. The van der Waals surface area contributed by atoms with Crippen LogP contribution in [0.5, 0.6) is 5.75 Å². The van der Waals surface area contributed by atoms with Crippen LogP contribution < -0.4 is 15.0 Å².